The minimum atomic E-state index is -4.85. The van der Waals surface area contributed by atoms with Crippen molar-refractivity contribution in [3.05, 3.63) is 0 Å². The van der Waals surface area contributed by atoms with Crippen molar-refractivity contribution < 1.29 is 22.4 Å². The van der Waals surface area contributed by atoms with Gasteiger partial charge in [0.25, 0.3) is 0 Å². The second kappa shape index (κ2) is 2.91. The monoisotopic (exact) mass is 185 g/mol. The number of hydrogen-bond donors (Lipinski definition) is 1. The van der Waals surface area contributed by atoms with Crippen molar-refractivity contribution in [1.29, 1.82) is 0 Å². The Morgan fingerprint density at radius 2 is 2.08 bits per heavy atom. The summed E-state index contributed by atoms with van der Waals surface area (Å²) in [6.45, 7) is -0.223. The molecule has 2 nitrogen and oxygen atoms in total. The Morgan fingerprint density at radius 1 is 1.50 bits per heavy atom. The Balaban J connectivity index is 2.54. The van der Waals surface area contributed by atoms with E-state index in [1.54, 1.807) is 0 Å². The topological polar surface area (TPSA) is 29.1 Å². The number of halogens is 4. The van der Waals surface area contributed by atoms with Crippen LogP contribution >= 0.6 is 0 Å². The first-order valence-corrected chi connectivity index (χ1v) is 3.38. The van der Waals surface area contributed by atoms with Crippen molar-refractivity contribution in [3.8, 4) is 0 Å². The first-order valence-electron chi connectivity index (χ1n) is 3.38. The van der Waals surface area contributed by atoms with Gasteiger partial charge in [0.2, 0.25) is 5.91 Å². The van der Waals surface area contributed by atoms with Gasteiger partial charge in [-0.15, -0.1) is 0 Å². The van der Waals surface area contributed by atoms with Crippen LogP contribution in [-0.2, 0) is 4.79 Å². The Kier molecular flexibility index (Phi) is 2.25. The van der Waals surface area contributed by atoms with Crippen molar-refractivity contribution in [3.63, 3.8) is 0 Å². The van der Waals surface area contributed by atoms with Gasteiger partial charge in [-0.25, -0.2) is 4.39 Å². The number of alkyl halides is 4. The molecule has 1 N–H and O–H groups in total. The highest BCUT2D eigenvalue weighted by atomic mass is 19.4. The zero-order valence-corrected chi connectivity index (χ0v) is 5.99. The van der Waals surface area contributed by atoms with Crippen LogP contribution in [0.2, 0.25) is 0 Å². The average Bonchev–Trinajstić information content (AvgIpc) is 2.32. The van der Waals surface area contributed by atoms with Crippen LogP contribution in [0.15, 0.2) is 0 Å². The maximum atomic E-state index is 12.5. The number of rotatable bonds is 1. The van der Waals surface area contributed by atoms with E-state index in [4.69, 9.17) is 0 Å². The van der Waals surface area contributed by atoms with Crippen molar-refractivity contribution in [2.45, 2.75) is 18.8 Å². The molecular weight excluding hydrogens is 178 g/mol. The van der Waals surface area contributed by atoms with Crippen LogP contribution in [0.25, 0.3) is 0 Å². The SMILES string of the molecule is O=C1CC(C(F)C(F)(F)F)CN1. The highest BCUT2D eigenvalue weighted by Crippen LogP contribution is 2.31. The summed E-state index contributed by atoms with van der Waals surface area (Å²) >= 11 is 0. The van der Waals surface area contributed by atoms with E-state index >= 15 is 0 Å². The molecule has 70 valence electrons. The van der Waals surface area contributed by atoms with Gasteiger partial charge in [-0.3, -0.25) is 4.79 Å². The molecule has 0 saturated carbocycles. The molecule has 0 radical (unpaired) electrons. The molecule has 2 atom stereocenters. The molecule has 2 unspecified atom stereocenters. The Bertz CT molecular complexity index is 190. The average molecular weight is 185 g/mol. The number of carbonyl (C=O) groups is 1. The zero-order chi connectivity index (χ0) is 9.35. The number of nitrogens with one attached hydrogen (secondary N) is 1. The fourth-order valence-corrected chi connectivity index (χ4v) is 1.10. The molecule has 6 heteroatoms. The predicted octanol–water partition coefficient (Wildman–Crippen LogP) is 1.02. The lowest BCUT2D eigenvalue weighted by Crippen LogP contribution is -2.33. The molecule has 12 heavy (non-hydrogen) atoms. The van der Waals surface area contributed by atoms with Gasteiger partial charge in [0.1, 0.15) is 0 Å². The van der Waals surface area contributed by atoms with Crippen LogP contribution in [0, 0.1) is 5.92 Å². The Labute approximate surface area is 65.9 Å². The van der Waals surface area contributed by atoms with Gasteiger partial charge in [0, 0.05) is 18.9 Å². The van der Waals surface area contributed by atoms with Gasteiger partial charge in [0.05, 0.1) is 0 Å². The van der Waals surface area contributed by atoms with E-state index in [2.05, 4.69) is 5.32 Å². The summed E-state index contributed by atoms with van der Waals surface area (Å²) in [6.07, 6.45) is -8.12. The number of amides is 1. The molecule has 0 aromatic carbocycles. The summed E-state index contributed by atoms with van der Waals surface area (Å²) in [5.74, 6) is -1.77. The van der Waals surface area contributed by atoms with Crippen LogP contribution in [0.3, 0.4) is 0 Å². The summed E-state index contributed by atoms with van der Waals surface area (Å²) in [5, 5.41) is 2.14. The largest absolute Gasteiger partial charge is 0.420 e. The smallest absolute Gasteiger partial charge is 0.356 e. The molecule has 1 amide bonds. The fraction of sp³-hybridized carbons (Fsp3) is 0.833. The third-order valence-corrected chi connectivity index (χ3v) is 1.74. The van der Waals surface area contributed by atoms with Crippen LogP contribution in [0.1, 0.15) is 6.42 Å². The summed E-state index contributed by atoms with van der Waals surface area (Å²) in [4.78, 5) is 10.4. The first kappa shape index (κ1) is 9.28. The third-order valence-electron chi connectivity index (χ3n) is 1.74. The standard InChI is InChI=1S/C6H7F4NO/c7-5(6(8,9)10)3-1-4(12)11-2-3/h3,5H,1-2H2,(H,11,12). The van der Waals surface area contributed by atoms with E-state index < -0.39 is 24.2 Å². The van der Waals surface area contributed by atoms with Crippen molar-refractivity contribution in [2.75, 3.05) is 6.54 Å². The first-order chi connectivity index (χ1) is 5.41. The maximum absolute atomic E-state index is 12.5. The molecular formula is C6H7F4NO. The lowest BCUT2D eigenvalue weighted by atomic mass is 10.0. The molecule has 0 bridgehead atoms. The third kappa shape index (κ3) is 1.86. The quantitative estimate of drug-likeness (QED) is 0.607. The van der Waals surface area contributed by atoms with Gasteiger partial charge in [-0.2, -0.15) is 13.2 Å². The number of hydrogen-bond acceptors (Lipinski definition) is 1. The summed E-state index contributed by atoms with van der Waals surface area (Å²) in [5.41, 5.74) is 0. The zero-order valence-electron chi connectivity index (χ0n) is 5.99. The van der Waals surface area contributed by atoms with Crippen molar-refractivity contribution >= 4 is 5.91 Å². The molecule has 1 aliphatic heterocycles. The van der Waals surface area contributed by atoms with Gasteiger partial charge >= 0.3 is 6.18 Å². The summed E-state index contributed by atoms with van der Waals surface area (Å²) in [7, 11) is 0. The van der Waals surface area contributed by atoms with E-state index in [0.717, 1.165) is 0 Å². The molecule has 1 rings (SSSR count). The Morgan fingerprint density at radius 3 is 2.42 bits per heavy atom. The normalized spacial score (nSPS) is 27.0. The molecule has 1 fully saturated rings. The van der Waals surface area contributed by atoms with Gasteiger partial charge in [-0.1, -0.05) is 0 Å². The minimum Gasteiger partial charge on any atom is -0.356 e. The fourth-order valence-electron chi connectivity index (χ4n) is 1.10. The van der Waals surface area contributed by atoms with E-state index in [0.29, 0.717) is 0 Å². The number of carbonyl (C=O) groups excluding carboxylic acids is 1. The maximum Gasteiger partial charge on any atom is 0.420 e. The highest BCUT2D eigenvalue weighted by Gasteiger charge is 2.47. The summed E-state index contributed by atoms with van der Waals surface area (Å²) in [6, 6.07) is 0. The molecule has 0 aromatic rings. The van der Waals surface area contributed by atoms with Crippen molar-refractivity contribution in [1.82, 2.24) is 5.32 Å². The van der Waals surface area contributed by atoms with Crippen LogP contribution in [0.5, 0.6) is 0 Å². The molecule has 1 saturated heterocycles. The van der Waals surface area contributed by atoms with Gasteiger partial charge in [0.15, 0.2) is 6.17 Å². The second-order valence-electron chi connectivity index (χ2n) is 2.71. The van der Waals surface area contributed by atoms with E-state index in [9.17, 15) is 22.4 Å². The summed E-state index contributed by atoms with van der Waals surface area (Å²) < 4.78 is 47.6. The highest BCUT2D eigenvalue weighted by molar-refractivity contribution is 5.78. The minimum absolute atomic E-state index is 0.223. The second-order valence-corrected chi connectivity index (χ2v) is 2.71. The predicted molar refractivity (Wildman–Crippen MR) is 32.1 cm³/mol. The lowest BCUT2D eigenvalue weighted by molar-refractivity contribution is -0.192. The molecule has 0 aromatic heterocycles. The van der Waals surface area contributed by atoms with E-state index in [1.807, 2.05) is 0 Å². The van der Waals surface area contributed by atoms with Crippen molar-refractivity contribution in [2.24, 2.45) is 5.92 Å². The van der Waals surface area contributed by atoms with Gasteiger partial charge < -0.3 is 5.32 Å². The van der Waals surface area contributed by atoms with E-state index in [1.165, 1.54) is 0 Å². The molecule has 1 aliphatic rings. The van der Waals surface area contributed by atoms with E-state index in [-0.39, 0.29) is 13.0 Å². The molecule has 0 spiro atoms. The molecule has 0 aliphatic carbocycles. The molecule has 1 heterocycles. The van der Waals surface area contributed by atoms with Crippen LogP contribution < -0.4 is 5.32 Å². The van der Waals surface area contributed by atoms with Gasteiger partial charge in [-0.05, 0) is 0 Å². The van der Waals surface area contributed by atoms with Crippen LogP contribution in [0.4, 0.5) is 17.6 Å². The Hall–Kier alpha value is -0.810. The van der Waals surface area contributed by atoms with Crippen LogP contribution in [-0.4, -0.2) is 24.8 Å². The lowest BCUT2D eigenvalue weighted by Gasteiger charge is -2.16.